The zero-order valence-corrected chi connectivity index (χ0v) is 13.0. The summed E-state index contributed by atoms with van der Waals surface area (Å²) >= 11 is 0. The van der Waals surface area contributed by atoms with Gasteiger partial charge in [-0.2, -0.15) is 0 Å². The van der Waals surface area contributed by atoms with Gasteiger partial charge < -0.3 is 18.9 Å². The van der Waals surface area contributed by atoms with Crippen molar-refractivity contribution >= 4 is 0 Å². The Kier molecular flexibility index (Phi) is 15.8. The van der Waals surface area contributed by atoms with Gasteiger partial charge in [-0.1, -0.05) is 26.7 Å². The fourth-order valence-electron chi connectivity index (χ4n) is 1.81. The summed E-state index contributed by atoms with van der Waals surface area (Å²) in [4.78, 5) is 0. The van der Waals surface area contributed by atoms with Crippen LogP contribution < -0.4 is 0 Å². The van der Waals surface area contributed by atoms with Crippen LogP contribution in [-0.2, 0) is 18.9 Å². The topological polar surface area (TPSA) is 36.9 Å². The van der Waals surface area contributed by atoms with Crippen molar-refractivity contribution in [3.63, 3.8) is 0 Å². The van der Waals surface area contributed by atoms with Crippen LogP contribution in [0.1, 0.15) is 46.5 Å². The lowest BCUT2D eigenvalue weighted by molar-refractivity contribution is -0.0220. The Bertz CT molecular complexity index is 158. The SMILES string of the molecule is CCCC(CCC)OCCOCCOCCOCC. The van der Waals surface area contributed by atoms with E-state index in [9.17, 15) is 0 Å². The largest absolute Gasteiger partial charge is 0.379 e. The van der Waals surface area contributed by atoms with Crippen molar-refractivity contribution in [2.45, 2.75) is 52.6 Å². The van der Waals surface area contributed by atoms with Crippen molar-refractivity contribution < 1.29 is 18.9 Å². The Labute approximate surface area is 118 Å². The van der Waals surface area contributed by atoms with E-state index in [2.05, 4.69) is 13.8 Å². The summed E-state index contributed by atoms with van der Waals surface area (Å²) in [6.07, 6.45) is 5.06. The van der Waals surface area contributed by atoms with Gasteiger partial charge >= 0.3 is 0 Å². The van der Waals surface area contributed by atoms with Crippen molar-refractivity contribution in [3.05, 3.63) is 0 Å². The van der Waals surface area contributed by atoms with Crippen molar-refractivity contribution in [1.29, 1.82) is 0 Å². The molecule has 0 N–H and O–H groups in total. The molecule has 4 heteroatoms. The molecule has 0 aliphatic rings. The van der Waals surface area contributed by atoms with Gasteiger partial charge in [0, 0.05) is 6.61 Å². The second-order valence-corrected chi connectivity index (χ2v) is 4.49. The van der Waals surface area contributed by atoms with E-state index in [-0.39, 0.29) is 0 Å². The molecule has 0 aromatic rings. The maximum Gasteiger partial charge on any atom is 0.0704 e. The highest BCUT2D eigenvalue weighted by Gasteiger charge is 2.05. The molecule has 0 aliphatic heterocycles. The fourth-order valence-corrected chi connectivity index (χ4v) is 1.81. The van der Waals surface area contributed by atoms with E-state index in [0.29, 0.717) is 45.7 Å². The fraction of sp³-hybridized carbons (Fsp3) is 1.00. The minimum Gasteiger partial charge on any atom is -0.379 e. The second-order valence-electron chi connectivity index (χ2n) is 4.49. The predicted octanol–water partition coefficient (Wildman–Crippen LogP) is 3.04. The standard InChI is InChI=1S/C15H32O4/c1-4-7-15(8-5-2)19-14-13-18-12-11-17-10-9-16-6-3/h15H,4-14H2,1-3H3. The van der Waals surface area contributed by atoms with Crippen LogP contribution in [0.3, 0.4) is 0 Å². The van der Waals surface area contributed by atoms with Crippen molar-refractivity contribution in [3.8, 4) is 0 Å². The molecule has 0 aromatic carbocycles. The third-order valence-electron chi connectivity index (χ3n) is 2.75. The molecule has 116 valence electrons. The summed E-state index contributed by atoms with van der Waals surface area (Å²) in [7, 11) is 0. The van der Waals surface area contributed by atoms with Gasteiger partial charge in [0.1, 0.15) is 0 Å². The Morgan fingerprint density at radius 2 is 1.11 bits per heavy atom. The van der Waals surface area contributed by atoms with Crippen LogP contribution >= 0.6 is 0 Å². The van der Waals surface area contributed by atoms with E-state index in [1.54, 1.807) is 0 Å². The van der Waals surface area contributed by atoms with Crippen LogP contribution in [0.25, 0.3) is 0 Å². The normalized spacial score (nSPS) is 11.4. The van der Waals surface area contributed by atoms with E-state index in [1.165, 1.54) is 12.8 Å². The third kappa shape index (κ3) is 14.1. The Morgan fingerprint density at radius 1 is 0.632 bits per heavy atom. The van der Waals surface area contributed by atoms with Gasteiger partial charge in [0.05, 0.1) is 45.7 Å². The summed E-state index contributed by atoms with van der Waals surface area (Å²) in [6, 6.07) is 0. The number of rotatable bonds is 15. The number of hydrogen-bond donors (Lipinski definition) is 0. The lowest BCUT2D eigenvalue weighted by atomic mass is 10.1. The zero-order chi connectivity index (χ0) is 14.2. The van der Waals surface area contributed by atoms with E-state index in [4.69, 9.17) is 18.9 Å². The first-order valence-corrected chi connectivity index (χ1v) is 7.69. The summed E-state index contributed by atoms with van der Waals surface area (Å²) < 4.78 is 21.8. The van der Waals surface area contributed by atoms with E-state index < -0.39 is 0 Å². The Hall–Kier alpha value is -0.160. The smallest absolute Gasteiger partial charge is 0.0704 e. The molecule has 0 bridgehead atoms. The molecule has 0 atom stereocenters. The quantitative estimate of drug-likeness (QED) is 0.431. The van der Waals surface area contributed by atoms with Gasteiger partial charge in [-0.3, -0.25) is 0 Å². The lowest BCUT2D eigenvalue weighted by Gasteiger charge is -2.16. The van der Waals surface area contributed by atoms with Gasteiger partial charge in [-0.05, 0) is 19.8 Å². The van der Waals surface area contributed by atoms with Gasteiger partial charge in [-0.25, -0.2) is 0 Å². The Morgan fingerprint density at radius 3 is 1.58 bits per heavy atom. The minimum absolute atomic E-state index is 0.404. The van der Waals surface area contributed by atoms with E-state index >= 15 is 0 Å². The average Bonchev–Trinajstić information content (AvgIpc) is 2.41. The van der Waals surface area contributed by atoms with Crippen LogP contribution in [0, 0.1) is 0 Å². The molecule has 0 heterocycles. The summed E-state index contributed by atoms with van der Waals surface area (Å²) in [6.45, 7) is 11.0. The molecule has 0 radical (unpaired) electrons. The summed E-state index contributed by atoms with van der Waals surface area (Å²) in [5.74, 6) is 0. The molecule has 19 heavy (non-hydrogen) atoms. The number of hydrogen-bond acceptors (Lipinski definition) is 4. The van der Waals surface area contributed by atoms with Crippen molar-refractivity contribution in [2.24, 2.45) is 0 Å². The molecule has 0 fully saturated rings. The molecule has 0 saturated carbocycles. The van der Waals surface area contributed by atoms with Crippen LogP contribution in [0.5, 0.6) is 0 Å². The molecule has 4 nitrogen and oxygen atoms in total. The Balaban J connectivity index is 3.20. The van der Waals surface area contributed by atoms with Crippen molar-refractivity contribution in [1.82, 2.24) is 0 Å². The highest BCUT2D eigenvalue weighted by molar-refractivity contribution is 4.56. The predicted molar refractivity (Wildman–Crippen MR) is 77.7 cm³/mol. The van der Waals surface area contributed by atoms with Gasteiger partial charge in [0.15, 0.2) is 0 Å². The van der Waals surface area contributed by atoms with Crippen molar-refractivity contribution in [2.75, 3.05) is 46.2 Å². The van der Waals surface area contributed by atoms with Crippen LogP contribution in [-0.4, -0.2) is 52.4 Å². The molecule has 0 spiro atoms. The monoisotopic (exact) mass is 276 g/mol. The minimum atomic E-state index is 0.404. The molecule has 0 aromatic heterocycles. The molecule has 0 unspecified atom stereocenters. The first-order valence-electron chi connectivity index (χ1n) is 7.69. The van der Waals surface area contributed by atoms with E-state index in [1.807, 2.05) is 6.92 Å². The first-order chi connectivity index (χ1) is 9.35. The van der Waals surface area contributed by atoms with Gasteiger partial charge in [0.2, 0.25) is 0 Å². The summed E-state index contributed by atoms with van der Waals surface area (Å²) in [5, 5.41) is 0. The highest BCUT2D eigenvalue weighted by Crippen LogP contribution is 2.08. The maximum absolute atomic E-state index is 5.80. The van der Waals surface area contributed by atoms with Gasteiger partial charge in [-0.15, -0.1) is 0 Å². The van der Waals surface area contributed by atoms with Crippen LogP contribution in [0.15, 0.2) is 0 Å². The van der Waals surface area contributed by atoms with Crippen LogP contribution in [0.4, 0.5) is 0 Å². The average molecular weight is 276 g/mol. The molecule has 0 rings (SSSR count). The molecular formula is C15H32O4. The lowest BCUT2D eigenvalue weighted by Crippen LogP contribution is -2.17. The first kappa shape index (κ1) is 18.8. The highest BCUT2D eigenvalue weighted by atomic mass is 16.6. The molecular weight excluding hydrogens is 244 g/mol. The second kappa shape index (κ2) is 15.9. The molecule has 0 amide bonds. The number of ether oxygens (including phenoxy) is 4. The zero-order valence-electron chi connectivity index (χ0n) is 13.0. The van der Waals surface area contributed by atoms with Gasteiger partial charge in [0.25, 0.3) is 0 Å². The maximum atomic E-state index is 5.80. The van der Waals surface area contributed by atoms with E-state index in [0.717, 1.165) is 19.4 Å². The molecule has 0 aliphatic carbocycles. The molecule has 0 saturated heterocycles. The third-order valence-corrected chi connectivity index (χ3v) is 2.75. The van der Waals surface area contributed by atoms with Crippen LogP contribution in [0.2, 0.25) is 0 Å². The summed E-state index contributed by atoms with van der Waals surface area (Å²) in [5.41, 5.74) is 0.